The van der Waals surface area contributed by atoms with Gasteiger partial charge in [0, 0.05) is 10.5 Å². The zero-order valence-corrected chi connectivity index (χ0v) is 13.0. The van der Waals surface area contributed by atoms with Crippen LogP contribution in [-0.4, -0.2) is 20.4 Å². The largest absolute Gasteiger partial charge is 0.349 e. The second-order valence-electron chi connectivity index (χ2n) is 4.41. The number of carbonyl (C=O) groups excluding carboxylic acids is 1. The highest BCUT2D eigenvalue weighted by molar-refractivity contribution is 9.10. The van der Waals surface area contributed by atoms with Crippen LogP contribution < -0.4 is 10.5 Å². The summed E-state index contributed by atoms with van der Waals surface area (Å²) in [5.74, 6) is -0.382. The van der Waals surface area contributed by atoms with E-state index in [1.54, 1.807) is 0 Å². The van der Waals surface area contributed by atoms with E-state index in [1.807, 2.05) is 0 Å². The predicted molar refractivity (Wildman–Crippen MR) is 75.6 cm³/mol. The van der Waals surface area contributed by atoms with Crippen molar-refractivity contribution in [2.24, 2.45) is 5.14 Å². The van der Waals surface area contributed by atoms with E-state index in [-0.39, 0.29) is 31.9 Å². The summed E-state index contributed by atoms with van der Waals surface area (Å²) in [6.45, 7) is 0. The normalized spacial score (nSPS) is 15.9. The number of nitrogens with one attached hydrogen (secondary N) is 1. The maximum absolute atomic E-state index is 12.0. The number of nitrogens with two attached hydrogens (primary N) is 1. The Bertz CT molecular complexity index is 629. The number of sulfonamides is 1. The average Bonchev–Trinajstić information content (AvgIpc) is 2.21. The number of rotatable bonds is 3. The van der Waals surface area contributed by atoms with Crippen molar-refractivity contribution in [2.45, 2.75) is 30.2 Å². The van der Waals surface area contributed by atoms with Crippen molar-refractivity contribution >= 4 is 43.5 Å². The maximum Gasteiger partial charge on any atom is 0.253 e. The molecule has 0 aliphatic heterocycles. The summed E-state index contributed by atoms with van der Waals surface area (Å²) in [5, 5.41) is 8.06. The maximum atomic E-state index is 12.0. The van der Waals surface area contributed by atoms with Crippen molar-refractivity contribution in [1.29, 1.82) is 0 Å². The third-order valence-electron chi connectivity index (χ3n) is 3.01. The lowest BCUT2D eigenvalue weighted by Crippen LogP contribution is -2.39. The molecule has 0 heterocycles. The van der Waals surface area contributed by atoms with Crippen LogP contribution in [-0.2, 0) is 10.0 Å². The second-order valence-corrected chi connectivity index (χ2v) is 7.20. The van der Waals surface area contributed by atoms with Gasteiger partial charge in [-0.15, -0.1) is 0 Å². The van der Waals surface area contributed by atoms with Crippen LogP contribution in [0.2, 0.25) is 5.02 Å². The monoisotopic (exact) mass is 366 g/mol. The molecule has 1 aliphatic rings. The first kappa shape index (κ1) is 14.8. The van der Waals surface area contributed by atoms with Gasteiger partial charge in [0.2, 0.25) is 10.0 Å². The first-order valence-corrected chi connectivity index (χ1v) is 8.33. The summed E-state index contributed by atoms with van der Waals surface area (Å²) < 4.78 is 23.0. The minimum absolute atomic E-state index is 0.112. The van der Waals surface area contributed by atoms with E-state index >= 15 is 0 Å². The number of carbonyl (C=O) groups is 1. The molecule has 0 aromatic heterocycles. The van der Waals surface area contributed by atoms with Crippen LogP contribution in [0, 0.1) is 0 Å². The molecule has 8 heteroatoms. The molecule has 0 unspecified atom stereocenters. The molecule has 1 saturated carbocycles. The number of benzene rings is 1. The van der Waals surface area contributed by atoms with Gasteiger partial charge in [-0.25, -0.2) is 13.6 Å². The van der Waals surface area contributed by atoms with E-state index in [0.717, 1.165) is 19.3 Å². The zero-order chi connectivity index (χ0) is 14.2. The van der Waals surface area contributed by atoms with Gasteiger partial charge in [0.15, 0.2) is 0 Å². The molecule has 1 amide bonds. The van der Waals surface area contributed by atoms with Gasteiger partial charge in [0.05, 0.1) is 15.5 Å². The Labute approximate surface area is 124 Å². The molecule has 1 fully saturated rings. The third kappa shape index (κ3) is 3.28. The van der Waals surface area contributed by atoms with E-state index < -0.39 is 10.0 Å². The smallest absolute Gasteiger partial charge is 0.253 e. The van der Waals surface area contributed by atoms with Gasteiger partial charge in [-0.3, -0.25) is 4.79 Å². The number of amides is 1. The quantitative estimate of drug-likeness (QED) is 0.856. The molecular formula is C11H12BrClN2O3S. The summed E-state index contributed by atoms with van der Waals surface area (Å²) in [4.78, 5) is 11.9. The summed E-state index contributed by atoms with van der Waals surface area (Å²) in [6.07, 6.45) is 2.95. The fourth-order valence-corrected chi connectivity index (χ4v) is 3.75. The highest BCUT2D eigenvalue weighted by Gasteiger charge is 2.23. The van der Waals surface area contributed by atoms with Gasteiger partial charge >= 0.3 is 0 Å². The Morgan fingerprint density at radius 2 is 2.05 bits per heavy atom. The van der Waals surface area contributed by atoms with Crippen molar-refractivity contribution in [1.82, 2.24) is 5.32 Å². The Hall–Kier alpha value is -0.630. The van der Waals surface area contributed by atoms with Gasteiger partial charge in [0.25, 0.3) is 5.91 Å². The SMILES string of the molecule is NS(=O)(=O)c1cc(C(=O)NC2CCC2)c(Cl)cc1Br. The molecule has 1 aromatic rings. The van der Waals surface area contributed by atoms with Gasteiger partial charge in [-0.05, 0) is 47.3 Å². The van der Waals surface area contributed by atoms with E-state index in [4.69, 9.17) is 16.7 Å². The van der Waals surface area contributed by atoms with Crippen LogP contribution in [0.15, 0.2) is 21.5 Å². The Kier molecular flexibility index (Phi) is 4.20. The minimum Gasteiger partial charge on any atom is -0.349 e. The highest BCUT2D eigenvalue weighted by atomic mass is 79.9. The molecule has 0 bridgehead atoms. The van der Waals surface area contributed by atoms with Gasteiger partial charge < -0.3 is 5.32 Å². The minimum atomic E-state index is -3.91. The Balaban J connectivity index is 2.36. The molecule has 19 heavy (non-hydrogen) atoms. The molecule has 2 rings (SSSR count). The zero-order valence-electron chi connectivity index (χ0n) is 9.82. The summed E-state index contributed by atoms with van der Waals surface area (Å²) in [7, 11) is -3.91. The Morgan fingerprint density at radius 1 is 1.42 bits per heavy atom. The van der Waals surface area contributed by atoms with Crippen molar-refractivity contribution in [3.05, 3.63) is 27.2 Å². The molecule has 0 saturated heterocycles. The van der Waals surface area contributed by atoms with Gasteiger partial charge in [-0.1, -0.05) is 11.6 Å². The fourth-order valence-electron chi connectivity index (χ4n) is 1.74. The lowest BCUT2D eigenvalue weighted by molar-refractivity contribution is 0.0917. The molecule has 0 radical (unpaired) electrons. The molecule has 3 N–H and O–H groups in total. The van der Waals surface area contributed by atoms with Gasteiger partial charge in [0.1, 0.15) is 0 Å². The van der Waals surface area contributed by atoms with Crippen LogP contribution in [0.5, 0.6) is 0 Å². The van der Waals surface area contributed by atoms with E-state index in [1.165, 1.54) is 12.1 Å². The molecule has 1 aliphatic carbocycles. The third-order valence-corrected chi connectivity index (χ3v) is 5.20. The molecule has 0 atom stereocenters. The molecule has 104 valence electrons. The van der Waals surface area contributed by atoms with Crippen molar-refractivity contribution in [3.63, 3.8) is 0 Å². The Morgan fingerprint density at radius 3 is 2.53 bits per heavy atom. The van der Waals surface area contributed by atoms with Crippen LogP contribution in [0.4, 0.5) is 0 Å². The first-order chi connectivity index (χ1) is 8.79. The second kappa shape index (κ2) is 5.40. The van der Waals surface area contributed by atoms with Gasteiger partial charge in [-0.2, -0.15) is 0 Å². The standard InChI is InChI=1S/C11H12BrClN2O3S/c12-8-5-9(13)7(4-10(8)19(14,17)18)11(16)15-6-2-1-3-6/h4-6H,1-3H2,(H,15,16)(H2,14,17,18). The molecule has 1 aromatic carbocycles. The van der Waals surface area contributed by atoms with E-state index in [9.17, 15) is 13.2 Å². The van der Waals surface area contributed by atoms with Crippen molar-refractivity contribution in [3.8, 4) is 0 Å². The predicted octanol–water partition coefficient (Wildman–Crippen LogP) is 2.03. The first-order valence-electron chi connectivity index (χ1n) is 5.62. The number of primary sulfonamides is 1. The lowest BCUT2D eigenvalue weighted by Gasteiger charge is -2.26. The summed E-state index contributed by atoms with van der Waals surface area (Å²) >= 11 is 9.03. The van der Waals surface area contributed by atoms with Crippen LogP contribution in [0.1, 0.15) is 29.6 Å². The average molecular weight is 368 g/mol. The van der Waals surface area contributed by atoms with Crippen LogP contribution in [0.3, 0.4) is 0 Å². The summed E-state index contributed by atoms with van der Waals surface area (Å²) in [5.41, 5.74) is 0.112. The summed E-state index contributed by atoms with van der Waals surface area (Å²) in [6, 6.07) is 2.69. The topological polar surface area (TPSA) is 89.3 Å². The molecule has 5 nitrogen and oxygen atoms in total. The number of hydrogen-bond acceptors (Lipinski definition) is 3. The molecular weight excluding hydrogens is 356 g/mol. The number of halogens is 2. The van der Waals surface area contributed by atoms with Crippen LogP contribution >= 0.6 is 27.5 Å². The highest BCUT2D eigenvalue weighted by Crippen LogP contribution is 2.29. The van der Waals surface area contributed by atoms with Crippen molar-refractivity contribution < 1.29 is 13.2 Å². The van der Waals surface area contributed by atoms with E-state index in [0.29, 0.717) is 0 Å². The van der Waals surface area contributed by atoms with Crippen molar-refractivity contribution in [2.75, 3.05) is 0 Å². The van der Waals surface area contributed by atoms with E-state index in [2.05, 4.69) is 21.2 Å². The fraction of sp³-hybridized carbons (Fsp3) is 0.364. The lowest BCUT2D eigenvalue weighted by atomic mass is 9.93. The number of hydrogen-bond donors (Lipinski definition) is 2. The van der Waals surface area contributed by atoms with Crippen LogP contribution in [0.25, 0.3) is 0 Å². The molecule has 0 spiro atoms.